The third kappa shape index (κ3) is 2.98. The van der Waals surface area contributed by atoms with Crippen LogP contribution < -0.4 is 5.73 Å². The molecule has 0 aromatic carbocycles. The van der Waals surface area contributed by atoms with Crippen LogP contribution in [0.15, 0.2) is 11.4 Å². The van der Waals surface area contributed by atoms with Crippen molar-refractivity contribution in [3.8, 4) is 0 Å². The van der Waals surface area contributed by atoms with Crippen molar-refractivity contribution in [2.24, 2.45) is 5.73 Å². The van der Waals surface area contributed by atoms with Crippen LogP contribution in [0, 0.1) is 0 Å². The largest absolute Gasteiger partial charge is 0.330 e. The second-order valence-electron chi connectivity index (χ2n) is 4.39. The molecule has 0 aliphatic carbocycles. The maximum atomic E-state index is 6.14. The second-order valence-corrected chi connectivity index (χ2v) is 5.80. The molecular weight excluding hydrogens is 240 g/mol. The van der Waals surface area contributed by atoms with Gasteiger partial charge in [-0.2, -0.15) is 0 Å². The molecule has 90 valence electrons. The molecule has 1 saturated heterocycles. The Morgan fingerprint density at radius 3 is 3.06 bits per heavy atom. The van der Waals surface area contributed by atoms with Crippen molar-refractivity contribution in [2.75, 3.05) is 13.1 Å². The molecule has 16 heavy (non-hydrogen) atoms. The summed E-state index contributed by atoms with van der Waals surface area (Å²) < 4.78 is 0. The molecule has 1 unspecified atom stereocenters. The molecule has 2 nitrogen and oxygen atoms in total. The smallest absolute Gasteiger partial charge is 0.0558 e. The number of piperidine rings is 1. The van der Waals surface area contributed by atoms with Crippen LogP contribution in [0.25, 0.3) is 0 Å². The minimum atomic E-state index is 0.664. The summed E-state index contributed by atoms with van der Waals surface area (Å²) in [4.78, 5) is 3.85. The average Bonchev–Trinajstić information content (AvgIpc) is 2.68. The first-order chi connectivity index (χ1) is 7.81. The summed E-state index contributed by atoms with van der Waals surface area (Å²) in [5.41, 5.74) is 5.67. The fourth-order valence-electron chi connectivity index (χ4n) is 2.41. The molecule has 0 bridgehead atoms. The van der Waals surface area contributed by atoms with Crippen LogP contribution in [0.3, 0.4) is 0 Å². The number of thiophene rings is 1. The topological polar surface area (TPSA) is 29.3 Å². The highest BCUT2D eigenvalue weighted by Gasteiger charge is 2.22. The summed E-state index contributed by atoms with van der Waals surface area (Å²) in [7, 11) is 0. The SMILES string of the molecule is NCCC1CCCCN1Cc1sccc1Cl. The maximum absolute atomic E-state index is 6.14. The highest BCUT2D eigenvalue weighted by molar-refractivity contribution is 7.10. The van der Waals surface area contributed by atoms with E-state index in [1.165, 1.54) is 30.7 Å². The van der Waals surface area contributed by atoms with Crippen molar-refractivity contribution in [1.82, 2.24) is 4.90 Å². The van der Waals surface area contributed by atoms with E-state index in [1.807, 2.05) is 6.07 Å². The van der Waals surface area contributed by atoms with Gasteiger partial charge in [-0.3, -0.25) is 4.90 Å². The van der Waals surface area contributed by atoms with Gasteiger partial charge >= 0.3 is 0 Å². The van der Waals surface area contributed by atoms with Crippen molar-refractivity contribution in [3.05, 3.63) is 21.3 Å². The summed E-state index contributed by atoms with van der Waals surface area (Å²) >= 11 is 7.90. The van der Waals surface area contributed by atoms with Crippen LogP contribution in [0.1, 0.15) is 30.6 Å². The van der Waals surface area contributed by atoms with Gasteiger partial charge in [0, 0.05) is 17.5 Å². The molecule has 2 rings (SSSR count). The van der Waals surface area contributed by atoms with Crippen LogP contribution in [0.5, 0.6) is 0 Å². The first kappa shape index (κ1) is 12.4. The number of halogens is 1. The second kappa shape index (κ2) is 6.01. The van der Waals surface area contributed by atoms with Gasteiger partial charge in [-0.1, -0.05) is 18.0 Å². The van der Waals surface area contributed by atoms with Gasteiger partial charge in [-0.15, -0.1) is 11.3 Å². The van der Waals surface area contributed by atoms with Gasteiger partial charge in [0.2, 0.25) is 0 Å². The lowest BCUT2D eigenvalue weighted by molar-refractivity contribution is 0.135. The molecule has 1 fully saturated rings. The average molecular weight is 259 g/mol. The predicted molar refractivity (Wildman–Crippen MR) is 71.0 cm³/mol. The van der Waals surface area contributed by atoms with E-state index in [0.29, 0.717) is 6.04 Å². The van der Waals surface area contributed by atoms with Crippen molar-refractivity contribution < 1.29 is 0 Å². The van der Waals surface area contributed by atoms with Gasteiger partial charge in [0.1, 0.15) is 0 Å². The zero-order valence-corrected chi connectivity index (χ0v) is 11.1. The van der Waals surface area contributed by atoms with Gasteiger partial charge in [0.05, 0.1) is 5.02 Å². The molecule has 1 aliphatic rings. The lowest BCUT2D eigenvalue weighted by atomic mass is 9.99. The van der Waals surface area contributed by atoms with E-state index >= 15 is 0 Å². The Morgan fingerprint density at radius 2 is 2.38 bits per heavy atom. The summed E-state index contributed by atoms with van der Waals surface area (Å²) in [6, 6.07) is 2.65. The number of hydrogen-bond donors (Lipinski definition) is 1. The summed E-state index contributed by atoms with van der Waals surface area (Å²) in [5, 5.41) is 2.99. The third-order valence-electron chi connectivity index (χ3n) is 3.29. The highest BCUT2D eigenvalue weighted by Crippen LogP contribution is 2.27. The summed E-state index contributed by atoms with van der Waals surface area (Å²) in [6.07, 6.45) is 5.06. The molecule has 1 aliphatic heterocycles. The Morgan fingerprint density at radius 1 is 1.50 bits per heavy atom. The molecule has 1 atom stereocenters. The molecule has 0 spiro atoms. The normalized spacial score (nSPS) is 22.5. The summed E-state index contributed by atoms with van der Waals surface area (Å²) in [6.45, 7) is 2.99. The number of nitrogens with two attached hydrogens (primary N) is 1. The maximum Gasteiger partial charge on any atom is 0.0558 e. The van der Waals surface area contributed by atoms with Gasteiger partial charge in [0.25, 0.3) is 0 Å². The van der Waals surface area contributed by atoms with E-state index in [4.69, 9.17) is 17.3 Å². The zero-order chi connectivity index (χ0) is 11.4. The van der Waals surface area contributed by atoms with Crippen molar-refractivity contribution in [1.29, 1.82) is 0 Å². The lowest BCUT2D eigenvalue weighted by Crippen LogP contribution is -2.39. The van der Waals surface area contributed by atoms with E-state index in [2.05, 4.69) is 10.3 Å². The Hall–Kier alpha value is -0.0900. The molecule has 4 heteroatoms. The van der Waals surface area contributed by atoms with Crippen molar-refractivity contribution >= 4 is 22.9 Å². The fourth-order valence-corrected chi connectivity index (χ4v) is 3.53. The number of likely N-dealkylation sites (tertiary alicyclic amines) is 1. The van der Waals surface area contributed by atoms with E-state index < -0.39 is 0 Å². The monoisotopic (exact) mass is 258 g/mol. The molecular formula is C12H19ClN2S. The number of rotatable bonds is 4. The highest BCUT2D eigenvalue weighted by atomic mass is 35.5. The summed E-state index contributed by atoms with van der Waals surface area (Å²) in [5.74, 6) is 0. The first-order valence-electron chi connectivity index (χ1n) is 5.97. The van der Waals surface area contributed by atoms with Crippen molar-refractivity contribution in [3.63, 3.8) is 0 Å². The molecule has 2 N–H and O–H groups in total. The van der Waals surface area contributed by atoms with Crippen LogP contribution in [0.2, 0.25) is 5.02 Å². The van der Waals surface area contributed by atoms with E-state index in [-0.39, 0.29) is 0 Å². The first-order valence-corrected chi connectivity index (χ1v) is 7.23. The van der Waals surface area contributed by atoms with Gasteiger partial charge in [-0.25, -0.2) is 0 Å². The Bertz CT molecular complexity index is 325. The van der Waals surface area contributed by atoms with E-state index in [1.54, 1.807) is 11.3 Å². The Balaban J connectivity index is 1.98. The van der Waals surface area contributed by atoms with Gasteiger partial charge in [-0.05, 0) is 43.8 Å². The predicted octanol–water partition coefficient (Wildman–Crippen LogP) is 3.10. The number of nitrogens with zero attached hydrogens (tertiary/aromatic N) is 1. The minimum Gasteiger partial charge on any atom is -0.330 e. The van der Waals surface area contributed by atoms with Crippen LogP contribution in [-0.4, -0.2) is 24.0 Å². The van der Waals surface area contributed by atoms with Crippen LogP contribution >= 0.6 is 22.9 Å². The quantitative estimate of drug-likeness (QED) is 0.899. The molecule has 1 aromatic rings. The van der Waals surface area contributed by atoms with Gasteiger partial charge in [0.15, 0.2) is 0 Å². The molecule has 1 aromatic heterocycles. The van der Waals surface area contributed by atoms with E-state index in [0.717, 1.165) is 24.5 Å². The van der Waals surface area contributed by atoms with Crippen LogP contribution in [0.4, 0.5) is 0 Å². The third-order valence-corrected chi connectivity index (χ3v) is 4.66. The van der Waals surface area contributed by atoms with Gasteiger partial charge < -0.3 is 5.73 Å². The van der Waals surface area contributed by atoms with Crippen LogP contribution in [-0.2, 0) is 6.54 Å². The molecule has 0 amide bonds. The molecule has 0 saturated carbocycles. The minimum absolute atomic E-state index is 0.664. The fraction of sp³-hybridized carbons (Fsp3) is 0.667. The standard InChI is InChI=1S/C12H19ClN2S/c13-11-5-8-16-12(11)9-15-7-2-1-3-10(15)4-6-14/h5,8,10H,1-4,6-7,9,14H2. The molecule has 0 radical (unpaired) electrons. The zero-order valence-electron chi connectivity index (χ0n) is 9.49. The lowest BCUT2D eigenvalue weighted by Gasteiger charge is -2.35. The number of hydrogen-bond acceptors (Lipinski definition) is 3. The Labute approximate surface area is 106 Å². The van der Waals surface area contributed by atoms with Crippen molar-refractivity contribution in [2.45, 2.75) is 38.3 Å². The van der Waals surface area contributed by atoms with E-state index in [9.17, 15) is 0 Å². The molecule has 2 heterocycles. The Kier molecular flexibility index (Phi) is 4.65.